The molecule has 0 spiro atoms. The van der Waals surface area contributed by atoms with Crippen LogP contribution in [0.5, 0.6) is 0 Å². The molecule has 1 atom stereocenters. The number of hydrogen-bond donors (Lipinski definition) is 2. The van der Waals surface area contributed by atoms with Gasteiger partial charge in [0.1, 0.15) is 0 Å². The van der Waals surface area contributed by atoms with Crippen LogP contribution in [0.1, 0.15) is 37.3 Å². The van der Waals surface area contributed by atoms with Gasteiger partial charge in [0.2, 0.25) is 0 Å². The number of carbonyl (C=O) groups is 2. The fourth-order valence-electron chi connectivity index (χ4n) is 3.71. The number of ether oxygens (including phenoxy) is 1. The highest BCUT2D eigenvalue weighted by Crippen LogP contribution is 2.27. The molecule has 2 amide bonds. The third kappa shape index (κ3) is 4.75. The van der Waals surface area contributed by atoms with Crippen molar-refractivity contribution in [3.63, 3.8) is 0 Å². The van der Waals surface area contributed by atoms with Crippen LogP contribution in [0.15, 0.2) is 18.2 Å². The Bertz CT molecular complexity index is 641. The Morgan fingerprint density at radius 3 is 2.85 bits per heavy atom. The molecule has 6 heteroatoms. The molecule has 0 aromatic heterocycles. The summed E-state index contributed by atoms with van der Waals surface area (Å²) in [6.45, 7) is 5.95. The van der Waals surface area contributed by atoms with Crippen LogP contribution in [0.4, 0.5) is 5.69 Å². The van der Waals surface area contributed by atoms with Gasteiger partial charge in [-0.15, -0.1) is 0 Å². The molecular weight excluding hydrogens is 330 g/mol. The molecular formula is C20H29N3O3. The summed E-state index contributed by atoms with van der Waals surface area (Å²) in [6, 6.07) is 6.54. The van der Waals surface area contributed by atoms with Gasteiger partial charge < -0.3 is 20.3 Å². The first-order valence-corrected chi connectivity index (χ1v) is 9.71. The molecule has 0 bridgehead atoms. The fourth-order valence-corrected chi connectivity index (χ4v) is 3.71. The Labute approximate surface area is 155 Å². The summed E-state index contributed by atoms with van der Waals surface area (Å²) in [7, 11) is 0. The van der Waals surface area contributed by atoms with Crippen molar-refractivity contribution < 1.29 is 14.3 Å². The molecule has 2 N–H and O–H groups in total. The second-order valence-corrected chi connectivity index (χ2v) is 7.00. The Kier molecular flexibility index (Phi) is 6.50. The predicted molar refractivity (Wildman–Crippen MR) is 101 cm³/mol. The molecule has 3 rings (SSSR count). The molecule has 0 radical (unpaired) electrons. The van der Waals surface area contributed by atoms with Gasteiger partial charge in [-0.1, -0.05) is 12.1 Å². The van der Waals surface area contributed by atoms with E-state index in [0.717, 1.165) is 45.4 Å². The monoisotopic (exact) mass is 359 g/mol. The largest absolute Gasteiger partial charge is 0.376 e. The summed E-state index contributed by atoms with van der Waals surface area (Å²) in [5.74, 6) is -1.15. The number of anilines is 1. The fraction of sp³-hybridized carbons (Fsp3) is 0.600. The minimum Gasteiger partial charge on any atom is -0.376 e. The lowest BCUT2D eigenvalue weighted by Crippen LogP contribution is -2.43. The average molecular weight is 359 g/mol. The minimum absolute atomic E-state index is 0.0462. The zero-order valence-electron chi connectivity index (χ0n) is 15.6. The molecule has 1 fully saturated rings. The summed E-state index contributed by atoms with van der Waals surface area (Å²) >= 11 is 0. The highest BCUT2D eigenvalue weighted by atomic mass is 16.5. The van der Waals surface area contributed by atoms with Crippen molar-refractivity contribution >= 4 is 17.5 Å². The number of benzene rings is 1. The van der Waals surface area contributed by atoms with Gasteiger partial charge in [0.05, 0.1) is 6.10 Å². The van der Waals surface area contributed by atoms with Crippen LogP contribution in [-0.2, 0) is 27.2 Å². The predicted octanol–water partition coefficient (Wildman–Crippen LogP) is 1.41. The van der Waals surface area contributed by atoms with Gasteiger partial charge in [-0.3, -0.25) is 9.59 Å². The molecule has 142 valence electrons. The van der Waals surface area contributed by atoms with Gasteiger partial charge in [0.15, 0.2) is 0 Å². The number of rotatable bonds is 6. The number of amides is 2. The molecule has 6 nitrogen and oxygen atoms in total. The van der Waals surface area contributed by atoms with Gasteiger partial charge in [-0.25, -0.2) is 0 Å². The summed E-state index contributed by atoms with van der Waals surface area (Å²) in [6.07, 6.45) is 5.03. The molecule has 0 saturated carbocycles. The van der Waals surface area contributed by atoms with Crippen molar-refractivity contribution in [2.75, 3.05) is 37.7 Å². The van der Waals surface area contributed by atoms with E-state index in [4.69, 9.17) is 4.74 Å². The van der Waals surface area contributed by atoms with Crippen molar-refractivity contribution in [3.05, 3.63) is 29.3 Å². The van der Waals surface area contributed by atoms with Crippen molar-refractivity contribution in [2.24, 2.45) is 0 Å². The Balaban J connectivity index is 1.42. The summed E-state index contributed by atoms with van der Waals surface area (Å²) in [4.78, 5) is 26.1. The van der Waals surface area contributed by atoms with E-state index in [1.54, 1.807) is 0 Å². The highest BCUT2D eigenvalue weighted by molar-refractivity contribution is 6.35. The molecule has 0 unspecified atom stereocenters. The van der Waals surface area contributed by atoms with Crippen molar-refractivity contribution in [1.29, 1.82) is 0 Å². The molecule has 2 heterocycles. The number of hydrogen-bond acceptors (Lipinski definition) is 4. The smallest absolute Gasteiger partial charge is 0.309 e. The Hall–Kier alpha value is -2.08. The number of nitrogens with one attached hydrogen (secondary N) is 2. The normalized spacial score (nSPS) is 19.1. The van der Waals surface area contributed by atoms with Crippen LogP contribution in [0.2, 0.25) is 0 Å². The van der Waals surface area contributed by atoms with E-state index in [9.17, 15) is 9.59 Å². The first-order chi connectivity index (χ1) is 12.7. The van der Waals surface area contributed by atoms with Gasteiger partial charge >= 0.3 is 11.8 Å². The number of nitrogens with zero attached hydrogens (tertiary/aromatic N) is 1. The van der Waals surface area contributed by atoms with Crippen molar-refractivity contribution in [3.8, 4) is 0 Å². The lowest BCUT2D eigenvalue weighted by Gasteiger charge is -2.30. The molecule has 0 aliphatic carbocycles. The zero-order chi connectivity index (χ0) is 18.4. The minimum atomic E-state index is -0.579. The third-order valence-electron chi connectivity index (χ3n) is 5.16. The van der Waals surface area contributed by atoms with E-state index in [2.05, 4.69) is 40.7 Å². The first kappa shape index (κ1) is 18.7. The van der Waals surface area contributed by atoms with E-state index in [0.29, 0.717) is 13.1 Å². The van der Waals surface area contributed by atoms with Crippen LogP contribution in [0, 0.1) is 0 Å². The van der Waals surface area contributed by atoms with Crippen LogP contribution >= 0.6 is 0 Å². The first-order valence-electron chi connectivity index (χ1n) is 9.71. The lowest BCUT2D eigenvalue weighted by atomic mass is 9.98. The van der Waals surface area contributed by atoms with Gasteiger partial charge in [0.25, 0.3) is 0 Å². The van der Waals surface area contributed by atoms with Crippen molar-refractivity contribution in [1.82, 2.24) is 10.6 Å². The highest BCUT2D eigenvalue weighted by Gasteiger charge is 2.19. The second kappa shape index (κ2) is 9.03. The van der Waals surface area contributed by atoms with E-state index in [1.807, 2.05) is 0 Å². The molecule has 2 aliphatic rings. The maximum Gasteiger partial charge on any atom is 0.309 e. The van der Waals surface area contributed by atoms with Crippen molar-refractivity contribution in [2.45, 2.75) is 45.1 Å². The second-order valence-electron chi connectivity index (χ2n) is 7.00. The Morgan fingerprint density at radius 2 is 2.08 bits per heavy atom. The average Bonchev–Trinajstić information content (AvgIpc) is 3.18. The van der Waals surface area contributed by atoms with E-state index in [-0.39, 0.29) is 6.10 Å². The number of fused-ring (bicyclic) bond motifs is 1. The maximum absolute atomic E-state index is 11.9. The number of aryl methyl sites for hydroxylation is 1. The van der Waals surface area contributed by atoms with Gasteiger partial charge in [-0.05, 0) is 56.2 Å². The standard InChI is InChI=1S/C20H29N3O3/c1-2-23-11-3-5-16-13-15(7-8-18(16)23)9-10-21-19(24)20(25)22-14-17-6-4-12-26-17/h7-8,13,17H,2-6,9-12,14H2,1H3,(H,21,24)(H,22,25)/t17-/m1/s1. The van der Waals surface area contributed by atoms with Gasteiger partial charge in [0, 0.05) is 38.5 Å². The molecule has 1 aromatic rings. The van der Waals surface area contributed by atoms with E-state index < -0.39 is 11.8 Å². The molecule has 1 aromatic carbocycles. The molecule has 1 saturated heterocycles. The van der Waals surface area contributed by atoms with E-state index in [1.165, 1.54) is 23.2 Å². The van der Waals surface area contributed by atoms with E-state index >= 15 is 0 Å². The molecule has 26 heavy (non-hydrogen) atoms. The zero-order valence-corrected chi connectivity index (χ0v) is 15.6. The lowest BCUT2D eigenvalue weighted by molar-refractivity contribution is -0.139. The van der Waals surface area contributed by atoms with Crippen LogP contribution < -0.4 is 15.5 Å². The SMILES string of the molecule is CCN1CCCc2cc(CCNC(=O)C(=O)NC[C@H]3CCCO3)ccc21. The topological polar surface area (TPSA) is 70.7 Å². The Morgan fingerprint density at radius 1 is 1.23 bits per heavy atom. The van der Waals surface area contributed by atoms with Crippen LogP contribution in [-0.4, -0.2) is 50.7 Å². The summed E-state index contributed by atoms with van der Waals surface area (Å²) < 4.78 is 5.43. The third-order valence-corrected chi connectivity index (χ3v) is 5.16. The maximum atomic E-state index is 11.9. The van der Waals surface area contributed by atoms with Gasteiger partial charge in [-0.2, -0.15) is 0 Å². The summed E-state index contributed by atoms with van der Waals surface area (Å²) in [5, 5.41) is 5.35. The quantitative estimate of drug-likeness (QED) is 0.754. The summed E-state index contributed by atoms with van der Waals surface area (Å²) in [5.41, 5.74) is 3.91. The molecule has 2 aliphatic heterocycles. The number of carbonyl (C=O) groups excluding carboxylic acids is 2. The van der Waals surface area contributed by atoms with Crippen LogP contribution in [0.25, 0.3) is 0 Å². The van der Waals surface area contributed by atoms with Crippen LogP contribution in [0.3, 0.4) is 0 Å².